The van der Waals surface area contributed by atoms with Crippen LogP contribution in [0.3, 0.4) is 0 Å². The highest BCUT2D eigenvalue weighted by molar-refractivity contribution is 7.16. The van der Waals surface area contributed by atoms with Gasteiger partial charge in [-0.3, -0.25) is 4.90 Å². The van der Waals surface area contributed by atoms with Crippen LogP contribution in [0.25, 0.3) is 4.96 Å². The van der Waals surface area contributed by atoms with Crippen LogP contribution in [0.5, 0.6) is 0 Å². The summed E-state index contributed by atoms with van der Waals surface area (Å²) >= 11 is 1.83. The molecule has 6 heteroatoms. The molecule has 5 nitrogen and oxygen atoms in total. The monoisotopic (exact) mass is 357 g/mol. The Balaban J connectivity index is 1.32. The molecular weight excluding hydrogens is 330 g/mol. The van der Waals surface area contributed by atoms with Gasteiger partial charge in [0, 0.05) is 5.41 Å². The predicted octanol–water partition coefficient (Wildman–Crippen LogP) is 3.64. The lowest BCUT2D eigenvalue weighted by molar-refractivity contribution is -0.00568. The number of hydrogen-bond acceptors (Lipinski definition) is 5. The van der Waals surface area contributed by atoms with Gasteiger partial charge in [-0.1, -0.05) is 17.8 Å². The van der Waals surface area contributed by atoms with Crippen LogP contribution in [0.15, 0.2) is 0 Å². The molecule has 0 atom stereocenters. The smallest absolute Gasteiger partial charge is 0.234 e. The van der Waals surface area contributed by atoms with Crippen LogP contribution in [0, 0.1) is 17.8 Å². The molecule has 5 fully saturated rings. The van der Waals surface area contributed by atoms with E-state index in [1.54, 1.807) is 0 Å². The van der Waals surface area contributed by atoms with E-state index in [1.165, 1.54) is 75.9 Å². The molecule has 0 radical (unpaired) electrons. The highest BCUT2D eigenvalue weighted by Gasteiger charge is 2.53. The van der Waals surface area contributed by atoms with Crippen LogP contribution in [0.1, 0.15) is 68.6 Å². The van der Waals surface area contributed by atoms with Crippen molar-refractivity contribution >= 4 is 16.3 Å². The van der Waals surface area contributed by atoms with Crippen molar-refractivity contribution in [3.63, 3.8) is 0 Å². The highest BCUT2D eigenvalue weighted by atomic mass is 32.1. The lowest BCUT2D eigenvalue weighted by Gasteiger charge is -2.55. The molecule has 2 aromatic rings. The minimum Gasteiger partial charge on any atom is -0.296 e. The van der Waals surface area contributed by atoms with Crippen LogP contribution in [-0.4, -0.2) is 37.8 Å². The van der Waals surface area contributed by atoms with E-state index in [-0.39, 0.29) is 0 Å². The van der Waals surface area contributed by atoms with Gasteiger partial charge in [-0.15, -0.1) is 10.2 Å². The summed E-state index contributed by atoms with van der Waals surface area (Å²) in [7, 11) is 0. The molecule has 3 heterocycles. The number of rotatable bonds is 3. The Morgan fingerprint density at radius 2 is 1.60 bits per heavy atom. The number of likely N-dealkylation sites (tertiary alicyclic amines) is 1. The summed E-state index contributed by atoms with van der Waals surface area (Å²) in [5.41, 5.74) is 0.377. The maximum atomic E-state index is 5.11. The fraction of sp³-hybridized carbons (Fsp3) is 0.842. The fourth-order valence-electron chi connectivity index (χ4n) is 6.66. The minimum absolute atomic E-state index is 0.377. The molecule has 0 aromatic carbocycles. The Labute approximate surface area is 152 Å². The largest absolute Gasteiger partial charge is 0.296 e. The maximum Gasteiger partial charge on any atom is 0.234 e. The van der Waals surface area contributed by atoms with Crippen molar-refractivity contribution in [2.75, 3.05) is 13.1 Å². The van der Waals surface area contributed by atoms with Gasteiger partial charge in [0.05, 0.1) is 6.54 Å². The number of nitrogens with zero attached hydrogens (tertiary/aromatic N) is 5. The Morgan fingerprint density at radius 1 is 0.920 bits per heavy atom. The van der Waals surface area contributed by atoms with E-state index in [0.29, 0.717) is 5.41 Å². The summed E-state index contributed by atoms with van der Waals surface area (Å²) in [5.74, 6) is 3.94. The van der Waals surface area contributed by atoms with Gasteiger partial charge in [-0.05, 0) is 82.2 Å². The molecule has 4 bridgehead atoms. The van der Waals surface area contributed by atoms with Gasteiger partial charge in [0.1, 0.15) is 5.01 Å². The minimum atomic E-state index is 0.377. The maximum absolute atomic E-state index is 5.11. The molecule has 5 aliphatic rings. The lowest BCUT2D eigenvalue weighted by Crippen LogP contribution is -2.48. The van der Waals surface area contributed by atoms with E-state index in [2.05, 4.69) is 19.6 Å². The second-order valence-corrected chi connectivity index (χ2v) is 10.2. The normalized spacial score (nSPS) is 38.0. The average Bonchev–Trinajstić information content (AvgIpc) is 3.17. The summed E-state index contributed by atoms with van der Waals surface area (Å²) < 4.78 is 2.08. The SMILES string of the molecule is C1CCN(Cc2nnc3sc(C45CC6CC(CC(C6)C4)C5)nn23)CC1. The standard InChI is InChI=1S/C19H27N5S/c1-2-4-23(5-3-1)12-16-20-21-18-24(16)22-17(25-18)19-9-13-6-14(10-19)8-15(7-13)11-19/h13-15H,1-12H2. The quantitative estimate of drug-likeness (QED) is 0.841. The van der Waals surface area contributed by atoms with Gasteiger partial charge in [-0.25, -0.2) is 0 Å². The zero-order chi connectivity index (χ0) is 16.4. The van der Waals surface area contributed by atoms with E-state index < -0.39 is 0 Å². The first-order valence-corrected chi connectivity index (χ1v) is 11.0. The molecular formula is C19H27N5S. The number of fused-ring (bicyclic) bond motifs is 1. The van der Waals surface area contributed by atoms with E-state index in [9.17, 15) is 0 Å². The zero-order valence-corrected chi connectivity index (χ0v) is 15.7. The molecule has 25 heavy (non-hydrogen) atoms. The van der Waals surface area contributed by atoms with Gasteiger partial charge in [0.25, 0.3) is 0 Å². The first-order chi connectivity index (χ1) is 12.3. The lowest BCUT2D eigenvalue weighted by atomic mass is 9.50. The summed E-state index contributed by atoms with van der Waals surface area (Å²) in [6.45, 7) is 3.30. The third-order valence-corrected chi connectivity index (χ3v) is 8.51. The molecule has 4 aliphatic carbocycles. The van der Waals surface area contributed by atoms with Crippen molar-refractivity contribution in [1.29, 1.82) is 0 Å². The van der Waals surface area contributed by atoms with Gasteiger partial charge in [0.2, 0.25) is 4.96 Å². The average molecular weight is 358 g/mol. The van der Waals surface area contributed by atoms with Gasteiger partial charge in [-0.2, -0.15) is 9.61 Å². The summed E-state index contributed by atoms with van der Waals surface area (Å²) in [6, 6.07) is 0. The molecule has 2 aromatic heterocycles. The zero-order valence-electron chi connectivity index (χ0n) is 14.9. The van der Waals surface area contributed by atoms with Crippen LogP contribution < -0.4 is 0 Å². The molecule has 0 N–H and O–H groups in total. The Hall–Kier alpha value is -1.01. The number of hydrogen-bond donors (Lipinski definition) is 0. The second-order valence-electron chi connectivity index (χ2n) is 9.25. The molecule has 1 aliphatic heterocycles. The molecule has 134 valence electrons. The van der Waals surface area contributed by atoms with Crippen LogP contribution in [-0.2, 0) is 12.0 Å². The molecule has 0 spiro atoms. The van der Waals surface area contributed by atoms with Crippen molar-refractivity contribution in [2.24, 2.45) is 17.8 Å². The summed E-state index contributed by atoms with van der Waals surface area (Å²) in [4.78, 5) is 3.53. The summed E-state index contributed by atoms with van der Waals surface area (Å²) in [6.07, 6.45) is 12.6. The third kappa shape index (κ3) is 2.40. The van der Waals surface area contributed by atoms with E-state index >= 15 is 0 Å². The summed E-state index contributed by atoms with van der Waals surface area (Å²) in [5, 5.41) is 15.4. The van der Waals surface area contributed by atoms with Gasteiger partial charge in [0.15, 0.2) is 5.82 Å². The van der Waals surface area contributed by atoms with Crippen LogP contribution >= 0.6 is 11.3 Å². The van der Waals surface area contributed by atoms with Gasteiger partial charge < -0.3 is 0 Å². The van der Waals surface area contributed by atoms with Gasteiger partial charge >= 0.3 is 0 Å². The van der Waals surface area contributed by atoms with Crippen molar-refractivity contribution in [3.8, 4) is 0 Å². The fourth-order valence-corrected chi connectivity index (χ4v) is 7.74. The first kappa shape index (κ1) is 15.1. The molecule has 7 rings (SSSR count). The number of aromatic nitrogens is 4. The topological polar surface area (TPSA) is 46.3 Å². The first-order valence-electron chi connectivity index (χ1n) is 10.2. The van der Waals surface area contributed by atoms with Crippen molar-refractivity contribution in [1.82, 2.24) is 24.7 Å². The van der Waals surface area contributed by atoms with E-state index in [1.807, 2.05) is 11.3 Å². The van der Waals surface area contributed by atoms with Crippen molar-refractivity contribution in [2.45, 2.75) is 69.7 Å². The molecule has 1 saturated heterocycles. The predicted molar refractivity (Wildman–Crippen MR) is 97.6 cm³/mol. The Bertz CT molecular complexity index is 752. The van der Waals surface area contributed by atoms with Crippen LogP contribution in [0.4, 0.5) is 0 Å². The van der Waals surface area contributed by atoms with E-state index in [4.69, 9.17) is 5.10 Å². The van der Waals surface area contributed by atoms with E-state index in [0.717, 1.165) is 35.1 Å². The second kappa shape index (κ2) is 5.49. The van der Waals surface area contributed by atoms with Crippen molar-refractivity contribution in [3.05, 3.63) is 10.8 Å². The van der Waals surface area contributed by atoms with Crippen molar-refractivity contribution < 1.29 is 0 Å². The molecule has 0 unspecified atom stereocenters. The number of piperidine rings is 1. The Morgan fingerprint density at radius 3 is 2.28 bits per heavy atom. The molecule has 0 amide bonds. The molecule has 4 saturated carbocycles. The Kier molecular flexibility index (Phi) is 3.31. The highest BCUT2D eigenvalue weighted by Crippen LogP contribution is 2.61. The third-order valence-electron chi connectivity index (χ3n) is 7.36. The van der Waals surface area contributed by atoms with Crippen LogP contribution in [0.2, 0.25) is 0 Å².